The summed E-state index contributed by atoms with van der Waals surface area (Å²) in [6, 6.07) is -0.768. The Hall–Kier alpha value is -1.09. The number of carbonyl (C=O) groups is 1. The van der Waals surface area contributed by atoms with Gasteiger partial charge in [0.25, 0.3) is 0 Å². The van der Waals surface area contributed by atoms with Gasteiger partial charge in [0.15, 0.2) is 5.69 Å². The van der Waals surface area contributed by atoms with Gasteiger partial charge >= 0.3 is 6.18 Å². The van der Waals surface area contributed by atoms with E-state index in [9.17, 15) is 18.0 Å². The average Bonchev–Trinajstić information content (AvgIpc) is 2.83. The predicted octanol–water partition coefficient (Wildman–Crippen LogP) is 3.09. The molecular weight excluding hydrogens is 389 g/mol. The fraction of sp³-hybridized carbons (Fsp3) is 0.733. The Bertz CT molecular complexity index is 594. The molecule has 1 aromatic rings. The van der Waals surface area contributed by atoms with Crippen molar-refractivity contribution in [3.8, 4) is 0 Å². The van der Waals surface area contributed by atoms with Crippen LogP contribution in [0.2, 0.25) is 0 Å². The second-order valence-corrected chi connectivity index (χ2v) is 6.83. The number of carbonyl (C=O) groups excluding carboxylic acids is 1. The average molecular weight is 411 g/mol. The van der Waals surface area contributed by atoms with Gasteiger partial charge in [-0.3, -0.25) is 14.4 Å². The molecule has 1 aromatic heterocycles. The van der Waals surface area contributed by atoms with Crippen LogP contribution < -0.4 is 0 Å². The predicted molar refractivity (Wildman–Crippen MR) is 87.7 cm³/mol. The number of halogens is 4. The lowest BCUT2D eigenvalue weighted by Crippen LogP contribution is -2.50. The van der Waals surface area contributed by atoms with Gasteiger partial charge in [0, 0.05) is 26.2 Å². The van der Waals surface area contributed by atoms with Gasteiger partial charge in [-0.15, -0.1) is 0 Å². The highest BCUT2D eigenvalue weighted by Crippen LogP contribution is 2.36. The van der Waals surface area contributed by atoms with Crippen molar-refractivity contribution in [2.75, 3.05) is 32.7 Å². The van der Waals surface area contributed by atoms with E-state index in [1.54, 1.807) is 11.8 Å². The third-order valence-corrected chi connectivity index (χ3v) is 5.24. The molecule has 136 valence electrons. The van der Waals surface area contributed by atoms with Crippen LogP contribution in [0.4, 0.5) is 13.2 Å². The van der Waals surface area contributed by atoms with Crippen LogP contribution in [0.1, 0.15) is 37.7 Å². The summed E-state index contributed by atoms with van der Waals surface area (Å²) < 4.78 is 40.0. The molecule has 0 spiro atoms. The van der Waals surface area contributed by atoms with Gasteiger partial charge < -0.3 is 4.90 Å². The largest absolute Gasteiger partial charge is 0.436 e. The third kappa shape index (κ3) is 3.93. The molecule has 0 radical (unpaired) electrons. The normalized spacial score (nSPS) is 18.0. The zero-order chi connectivity index (χ0) is 18.1. The van der Waals surface area contributed by atoms with Crippen LogP contribution in [0.25, 0.3) is 0 Å². The Balaban J connectivity index is 2.12. The molecule has 1 atom stereocenters. The van der Waals surface area contributed by atoms with E-state index in [4.69, 9.17) is 0 Å². The Labute approximate surface area is 147 Å². The first-order valence-corrected chi connectivity index (χ1v) is 8.79. The summed E-state index contributed by atoms with van der Waals surface area (Å²) in [7, 11) is 0. The van der Waals surface area contributed by atoms with Gasteiger partial charge in [-0.05, 0) is 42.7 Å². The van der Waals surface area contributed by atoms with Crippen molar-refractivity contribution in [1.82, 2.24) is 19.6 Å². The van der Waals surface area contributed by atoms with Crippen molar-refractivity contribution < 1.29 is 18.0 Å². The number of hydrogen-bond acceptors (Lipinski definition) is 3. The molecule has 2 rings (SSSR count). The minimum atomic E-state index is -4.55. The molecule has 2 heterocycles. The molecule has 1 aliphatic heterocycles. The summed E-state index contributed by atoms with van der Waals surface area (Å²) >= 11 is 2.94. The fourth-order valence-electron chi connectivity index (χ4n) is 2.93. The molecule has 0 bridgehead atoms. The highest BCUT2D eigenvalue weighted by atomic mass is 79.9. The highest BCUT2D eigenvalue weighted by Gasteiger charge is 2.39. The number of aromatic nitrogens is 2. The van der Waals surface area contributed by atoms with Crippen molar-refractivity contribution in [3.63, 3.8) is 0 Å². The fourth-order valence-corrected chi connectivity index (χ4v) is 3.42. The molecule has 5 nitrogen and oxygen atoms in total. The Kier molecular flexibility index (Phi) is 5.95. The maximum Gasteiger partial charge on any atom is 0.436 e. The van der Waals surface area contributed by atoms with Gasteiger partial charge in [0.05, 0.1) is 10.2 Å². The van der Waals surface area contributed by atoms with Gasteiger partial charge in [-0.25, -0.2) is 0 Å². The van der Waals surface area contributed by atoms with Crippen LogP contribution in [0.15, 0.2) is 4.47 Å². The smallest absolute Gasteiger partial charge is 0.338 e. The third-order valence-electron chi connectivity index (χ3n) is 4.29. The Morgan fingerprint density at radius 3 is 2.33 bits per heavy atom. The van der Waals surface area contributed by atoms with Gasteiger partial charge in [0.2, 0.25) is 5.91 Å². The number of piperazine rings is 1. The molecule has 24 heavy (non-hydrogen) atoms. The summed E-state index contributed by atoms with van der Waals surface area (Å²) in [5, 5.41) is 3.63. The number of nitrogens with zero attached hydrogens (tertiary/aromatic N) is 4. The quantitative estimate of drug-likeness (QED) is 0.765. The lowest BCUT2D eigenvalue weighted by molar-refractivity contribution is -0.143. The first-order chi connectivity index (χ1) is 11.2. The first-order valence-electron chi connectivity index (χ1n) is 7.99. The molecule has 1 amide bonds. The molecule has 0 aliphatic carbocycles. The van der Waals surface area contributed by atoms with Crippen molar-refractivity contribution >= 4 is 21.8 Å². The SMILES string of the molecule is CCCN1CCN(C(=O)[C@H](C)n2nc(C(F)(F)F)c(Br)c2C)CC1. The molecule has 1 saturated heterocycles. The van der Waals surface area contributed by atoms with E-state index in [1.807, 2.05) is 0 Å². The van der Waals surface area contributed by atoms with Crippen LogP contribution in [0, 0.1) is 6.92 Å². The van der Waals surface area contributed by atoms with Crippen molar-refractivity contribution in [3.05, 3.63) is 15.9 Å². The van der Waals surface area contributed by atoms with E-state index in [0.29, 0.717) is 18.8 Å². The van der Waals surface area contributed by atoms with Crippen LogP contribution in [-0.2, 0) is 11.0 Å². The lowest BCUT2D eigenvalue weighted by Gasteiger charge is -2.35. The number of alkyl halides is 3. The second-order valence-electron chi connectivity index (χ2n) is 6.03. The number of hydrogen-bond donors (Lipinski definition) is 0. The maximum atomic E-state index is 13.0. The van der Waals surface area contributed by atoms with E-state index in [0.717, 1.165) is 30.7 Å². The molecule has 0 unspecified atom stereocenters. The van der Waals surface area contributed by atoms with E-state index in [1.165, 1.54) is 6.92 Å². The van der Waals surface area contributed by atoms with E-state index in [-0.39, 0.29) is 10.4 Å². The van der Waals surface area contributed by atoms with Gasteiger partial charge in [0.1, 0.15) is 6.04 Å². The van der Waals surface area contributed by atoms with Crippen molar-refractivity contribution in [1.29, 1.82) is 0 Å². The molecule has 9 heteroatoms. The van der Waals surface area contributed by atoms with Gasteiger partial charge in [-0.1, -0.05) is 6.92 Å². The zero-order valence-electron chi connectivity index (χ0n) is 14.0. The van der Waals surface area contributed by atoms with E-state index >= 15 is 0 Å². The van der Waals surface area contributed by atoms with Gasteiger partial charge in [-0.2, -0.15) is 18.3 Å². The molecule has 0 N–H and O–H groups in total. The van der Waals surface area contributed by atoms with Crippen LogP contribution in [0.3, 0.4) is 0 Å². The number of amides is 1. The molecule has 0 aromatic carbocycles. The monoisotopic (exact) mass is 410 g/mol. The minimum absolute atomic E-state index is 0.109. The Morgan fingerprint density at radius 1 is 1.29 bits per heavy atom. The summed E-state index contributed by atoms with van der Waals surface area (Å²) in [4.78, 5) is 16.6. The summed E-state index contributed by atoms with van der Waals surface area (Å²) in [6.07, 6.45) is -3.49. The topological polar surface area (TPSA) is 41.4 Å². The van der Waals surface area contributed by atoms with Crippen molar-refractivity contribution in [2.45, 2.75) is 39.4 Å². The Morgan fingerprint density at radius 2 is 1.88 bits per heavy atom. The first kappa shape index (κ1) is 19.2. The summed E-state index contributed by atoms with van der Waals surface area (Å²) in [6.45, 7) is 8.99. The zero-order valence-corrected chi connectivity index (χ0v) is 15.6. The van der Waals surface area contributed by atoms with E-state index < -0.39 is 17.9 Å². The van der Waals surface area contributed by atoms with Crippen LogP contribution in [-0.4, -0.2) is 58.2 Å². The summed E-state index contributed by atoms with van der Waals surface area (Å²) in [5.41, 5.74) is -0.694. The summed E-state index contributed by atoms with van der Waals surface area (Å²) in [5.74, 6) is -0.196. The minimum Gasteiger partial charge on any atom is -0.338 e. The number of rotatable bonds is 4. The standard InChI is InChI=1S/C15H22BrF3N4O/c1-4-5-21-6-8-22(9-7-21)14(24)11(3)23-10(2)12(16)13(20-23)15(17,18)19/h11H,4-9H2,1-3H3/t11-/m0/s1. The molecule has 1 fully saturated rings. The van der Waals surface area contributed by atoms with Crippen molar-refractivity contribution in [2.24, 2.45) is 0 Å². The van der Waals surface area contributed by atoms with E-state index in [2.05, 4.69) is 32.9 Å². The molecule has 0 saturated carbocycles. The molecule has 1 aliphatic rings. The highest BCUT2D eigenvalue weighted by molar-refractivity contribution is 9.10. The second kappa shape index (κ2) is 7.43. The lowest BCUT2D eigenvalue weighted by atomic mass is 10.2. The molecular formula is C15H22BrF3N4O. The maximum absolute atomic E-state index is 13.0. The van der Waals surface area contributed by atoms with Crippen LogP contribution in [0.5, 0.6) is 0 Å². The van der Waals surface area contributed by atoms with Crippen LogP contribution >= 0.6 is 15.9 Å².